The van der Waals surface area contributed by atoms with E-state index in [1.807, 2.05) is 26.1 Å². The SMILES string of the molecule is C[S@@](=O)CC(C)(C)[C@H](NC(=O)[C@@H](CC(N)=O)NC(=O)[C@@H](NC(=O)CNC(=O)C(=O)CCC(C)(C)C)C(C)(C)O)C(=O)N[C@H](CC(N)=O)C(=O)NCC(=O)O. The highest BCUT2D eigenvalue weighted by Crippen LogP contribution is 2.23. The molecule has 0 heterocycles. The zero-order chi connectivity index (χ0) is 42.4. The lowest BCUT2D eigenvalue weighted by Gasteiger charge is -2.35. The van der Waals surface area contributed by atoms with Gasteiger partial charge >= 0.3 is 5.97 Å². The third-order valence-electron chi connectivity index (χ3n) is 7.43. The van der Waals surface area contributed by atoms with Gasteiger partial charge in [0.2, 0.25) is 47.1 Å². The zero-order valence-corrected chi connectivity index (χ0v) is 32.5. The van der Waals surface area contributed by atoms with Crippen LogP contribution in [0.4, 0.5) is 0 Å². The van der Waals surface area contributed by atoms with Crippen LogP contribution in [0.5, 0.6) is 0 Å². The molecule has 306 valence electrons. The summed E-state index contributed by atoms with van der Waals surface area (Å²) in [5.74, 6) is -11.4. The number of hydrogen-bond donors (Lipinski definition) is 10. The van der Waals surface area contributed by atoms with Crippen molar-refractivity contribution in [2.75, 3.05) is 25.1 Å². The van der Waals surface area contributed by atoms with Crippen molar-refractivity contribution in [1.29, 1.82) is 0 Å². The summed E-state index contributed by atoms with van der Waals surface area (Å²) in [4.78, 5) is 125. The Morgan fingerprint density at radius 1 is 0.667 bits per heavy atom. The van der Waals surface area contributed by atoms with Gasteiger partial charge in [0, 0.05) is 34.6 Å². The zero-order valence-electron chi connectivity index (χ0n) is 31.7. The number of aliphatic carboxylic acids is 1. The van der Waals surface area contributed by atoms with Gasteiger partial charge in [0.25, 0.3) is 5.91 Å². The van der Waals surface area contributed by atoms with Gasteiger partial charge in [-0.2, -0.15) is 0 Å². The van der Waals surface area contributed by atoms with Crippen LogP contribution in [0, 0.1) is 10.8 Å². The van der Waals surface area contributed by atoms with Crippen LogP contribution in [0.1, 0.15) is 74.1 Å². The number of amides is 8. The molecule has 0 aliphatic carbocycles. The maximum Gasteiger partial charge on any atom is 0.322 e. The fraction of sp³-hybridized carbons (Fsp3) is 0.688. The van der Waals surface area contributed by atoms with E-state index in [9.17, 15) is 57.3 Å². The highest BCUT2D eigenvalue weighted by atomic mass is 32.2. The molecule has 0 aliphatic rings. The molecule has 0 unspecified atom stereocenters. The molecule has 0 aromatic rings. The molecule has 0 rings (SSSR count). The van der Waals surface area contributed by atoms with Crippen molar-refractivity contribution in [2.24, 2.45) is 22.3 Å². The van der Waals surface area contributed by atoms with Crippen LogP contribution >= 0.6 is 0 Å². The number of aliphatic hydroxyl groups is 1. The fourth-order valence-corrected chi connectivity index (χ4v) is 5.93. The van der Waals surface area contributed by atoms with Crippen LogP contribution in [-0.2, 0) is 58.7 Å². The lowest BCUT2D eigenvalue weighted by atomic mass is 9.85. The summed E-state index contributed by atoms with van der Waals surface area (Å²) in [5.41, 5.74) is 6.84. The number of nitrogens with two attached hydrogens (primary N) is 2. The van der Waals surface area contributed by atoms with E-state index >= 15 is 0 Å². The molecular weight excluding hydrogens is 736 g/mol. The minimum Gasteiger partial charge on any atom is -0.480 e. The van der Waals surface area contributed by atoms with Crippen molar-refractivity contribution in [1.82, 2.24) is 31.9 Å². The van der Waals surface area contributed by atoms with E-state index < -0.39 is 131 Å². The molecule has 5 atom stereocenters. The number of primary amides is 2. The van der Waals surface area contributed by atoms with E-state index in [2.05, 4.69) is 26.6 Å². The molecule has 54 heavy (non-hydrogen) atoms. The number of rotatable bonds is 23. The average Bonchev–Trinajstić information content (AvgIpc) is 2.99. The minimum absolute atomic E-state index is 0.0823. The monoisotopic (exact) mass is 790 g/mol. The molecule has 22 heteroatoms. The summed E-state index contributed by atoms with van der Waals surface area (Å²) in [5, 5.41) is 32.6. The lowest BCUT2D eigenvalue weighted by Crippen LogP contribution is -2.64. The van der Waals surface area contributed by atoms with E-state index in [1.165, 1.54) is 20.1 Å². The minimum atomic E-state index is -2.04. The van der Waals surface area contributed by atoms with Gasteiger partial charge in [0.05, 0.1) is 25.0 Å². The third-order valence-corrected chi connectivity index (χ3v) is 8.59. The van der Waals surface area contributed by atoms with Gasteiger partial charge in [0.1, 0.15) is 30.7 Å². The molecule has 0 aliphatic heterocycles. The summed E-state index contributed by atoms with van der Waals surface area (Å²) in [7, 11) is -1.60. The molecule has 8 amide bonds. The second-order valence-corrected chi connectivity index (χ2v) is 16.5. The maximum atomic E-state index is 13.6. The number of carbonyl (C=O) groups excluding carboxylic acids is 9. The third kappa shape index (κ3) is 19.2. The molecule has 0 bridgehead atoms. The second kappa shape index (κ2) is 21.0. The van der Waals surface area contributed by atoms with Crippen LogP contribution in [0.15, 0.2) is 0 Å². The van der Waals surface area contributed by atoms with Gasteiger partial charge in [-0.1, -0.05) is 34.6 Å². The van der Waals surface area contributed by atoms with Crippen molar-refractivity contribution in [2.45, 2.75) is 104 Å². The van der Waals surface area contributed by atoms with E-state index in [-0.39, 0.29) is 17.6 Å². The number of hydrogen-bond acceptors (Lipinski definition) is 12. The first-order valence-electron chi connectivity index (χ1n) is 16.6. The number of carbonyl (C=O) groups is 10. The first-order chi connectivity index (χ1) is 24.5. The summed E-state index contributed by atoms with van der Waals surface area (Å²) < 4.78 is 12.2. The molecular formula is C32H54N8O13S. The van der Waals surface area contributed by atoms with Gasteiger partial charge in [-0.15, -0.1) is 0 Å². The van der Waals surface area contributed by atoms with Crippen molar-refractivity contribution in [3.8, 4) is 0 Å². The predicted molar refractivity (Wildman–Crippen MR) is 192 cm³/mol. The number of ketones is 1. The van der Waals surface area contributed by atoms with Crippen molar-refractivity contribution < 1.29 is 62.4 Å². The van der Waals surface area contributed by atoms with Crippen LogP contribution in [0.2, 0.25) is 0 Å². The topological polar surface area (TPSA) is 352 Å². The second-order valence-electron chi connectivity index (χ2n) is 15.0. The summed E-state index contributed by atoms with van der Waals surface area (Å²) in [6, 6.07) is -7.13. The van der Waals surface area contributed by atoms with Crippen molar-refractivity contribution in [3.63, 3.8) is 0 Å². The number of Topliss-reactive ketones (excluding diaryl/α,β-unsaturated/α-hetero) is 1. The molecule has 0 saturated heterocycles. The standard InChI is InChI=1S/C32H54N8O13S/c1-30(2,3)10-9-18(41)27(49)35-13-21(44)39-24(32(6,7)52)29(51)38-17(12-20(34)43)26(48)40-23(31(4,5)15-54(8)53)28(50)37-16(11-19(33)42)25(47)36-14-22(45)46/h16-17,23-24,52H,9-15H2,1-8H3,(H2,33,42)(H2,34,43)(H,35,49)(H,36,47)(H,37,50)(H,38,51)(H,39,44)(H,40,48)(H,45,46)/t16-,17-,23-,24-,54-/m1/s1. The molecule has 0 fully saturated rings. The van der Waals surface area contributed by atoms with E-state index in [0.717, 1.165) is 13.8 Å². The molecule has 0 spiro atoms. The van der Waals surface area contributed by atoms with Crippen LogP contribution in [0.3, 0.4) is 0 Å². The van der Waals surface area contributed by atoms with Gasteiger partial charge in [-0.05, 0) is 25.7 Å². The highest BCUT2D eigenvalue weighted by Gasteiger charge is 2.42. The molecule has 21 nitrogen and oxygen atoms in total. The first kappa shape index (κ1) is 49.0. The Labute approximate surface area is 315 Å². The van der Waals surface area contributed by atoms with E-state index in [0.29, 0.717) is 6.42 Å². The maximum absolute atomic E-state index is 13.6. The van der Waals surface area contributed by atoms with Gasteiger partial charge < -0.3 is 53.6 Å². The first-order valence-corrected chi connectivity index (χ1v) is 18.3. The van der Waals surface area contributed by atoms with Gasteiger partial charge in [0.15, 0.2) is 0 Å². The fourth-order valence-electron chi connectivity index (χ4n) is 4.72. The van der Waals surface area contributed by atoms with Crippen molar-refractivity contribution >= 4 is 69.8 Å². The normalized spacial score (nSPS) is 14.5. The average molecular weight is 791 g/mol. The van der Waals surface area contributed by atoms with Crippen LogP contribution in [-0.4, -0.2) is 128 Å². The Morgan fingerprint density at radius 2 is 1.15 bits per heavy atom. The molecule has 12 N–H and O–H groups in total. The Bertz CT molecular complexity index is 1490. The van der Waals surface area contributed by atoms with Crippen LogP contribution in [0.25, 0.3) is 0 Å². The van der Waals surface area contributed by atoms with E-state index in [1.54, 1.807) is 0 Å². The molecule has 0 saturated carbocycles. The summed E-state index contributed by atoms with van der Waals surface area (Å²) in [6.07, 6.45) is -0.0613. The lowest BCUT2D eigenvalue weighted by molar-refractivity contribution is -0.140. The van der Waals surface area contributed by atoms with E-state index in [4.69, 9.17) is 16.6 Å². The molecule has 0 aromatic heterocycles. The molecule has 0 radical (unpaired) electrons. The largest absolute Gasteiger partial charge is 0.480 e. The Hall–Kier alpha value is -4.99. The highest BCUT2D eigenvalue weighted by molar-refractivity contribution is 7.84. The number of carboxylic acid groups (broad SMARTS) is 1. The Kier molecular flexibility index (Phi) is 19.1. The predicted octanol–water partition coefficient (Wildman–Crippen LogP) is -4.44. The number of carboxylic acids is 1. The van der Waals surface area contributed by atoms with Gasteiger partial charge in [-0.25, -0.2) is 0 Å². The summed E-state index contributed by atoms with van der Waals surface area (Å²) >= 11 is 0. The van der Waals surface area contributed by atoms with Crippen LogP contribution < -0.4 is 43.4 Å². The molecule has 0 aromatic carbocycles. The number of nitrogens with one attached hydrogen (secondary N) is 6. The smallest absolute Gasteiger partial charge is 0.322 e. The summed E-state index contributed by atoms with van der Waals surface area (Å²) in [6.45, 7) is 9.02. The quantitative estimate of drug-likeness (QED) is 0.0438. The Morgan fingerprint density at radius 3 is 1.57 bits per heavy atom. The van der Waals surface area contributed by atoms with Gasteiger partial charge in [-0.3, -0.25) is 52.2 Å². The Balaban J connectivity index is 6.31. The van der Waals surface area contributed by atoms with Crippen molar-refractivity contribution in [3.05, 3.63) is 0 Å².